The number of carbonyl (C=O) groups excluding carboxylic acids is 1. The van der Waals surface area contributed by atoms with Crippen LogP contribution in [0.3, 0.4) is 0 Å². The van der Waals surface area contributed by atoms with Crippen molar-refractivity contribution in [3.8, 4) is 0 Å². The van der Waals surface area contributed by atoms with Gasteiger partial charge in [0.15, 0.2) is 0 Å². The second-order valence-electron chi connectivity index (χ2n) is 4.57. The molecule has 0 spiro atoms. The normalized spacial score (nSPS) is 22.7. The summed E-state index contributed by atoms with van der Waals surface area (Å²) in [5.41, 5.74) is 0. The van der Waals surface area contributed by atoms with E-state index in [9.17, 15) is 4.79 Å². The predicted molar refractivity (Wildman–Crippen MR) is 70.6 cm³/mol. The Balaban J connectivity index is 2.41. The molecule has 0 aliphatic carbocycles. The molecule has 0 bridgehead atoms. The smallest absolute Gasteiger partial charge is 0.324 e. The van der Waals surface area contributed by atoms with Crippen molar-refractivity contribution in [3.63, 3.8) is 0 Å². The van der Waals surface area contributed by atoms with Crippen molar-refractivity contribution < 1.29 is 14.3 Å². The molecule has 2 atom stereocenters. The van der Waals surface area contributed by atoms with Gasteiger partial charge in [0.05, 0.1) is 12.7 Å². The molecule has 1 aliphatic rings. The molecule has 0 aromatic carbocycles. The number of likely N-dealkylation sites (N-methyl/N-ethyl adjacent to an activating group) is 1. The fraction of sp³-hybridized carbons (Fsp3) is 0.923. The van der Waals surface area contributed by atoms with Gasteiger partial charge in [0, 0.05) is 19.7 Å². The quantitative estimate of drug-likeness (QED) is 0.679. The second kappa shape index (κ2) is 8.45. The number of nitrogens with one attached hydrogen (secondary N) is 1. The third-order valence-electron chi connectivity index (χ3n) is 3.22. The molecular weight excluding hydrogens is 232 g/mol. The van der Waals surface area contributed by atoms with Gasteiger partial charge in [-0.15, -0.1) is 0 Å². The Hall–Kier alpha value is -0.650. The first-order valence-electron chi connectivity index (χ1n) is 6.89. The Morgan fingerprint density at radius 3 is 2.83 bits per heavy atom. The minimum Gasteiger partial charge on any atom is -0.465 e. The first-order chi connectivity index (χ1) is 8.71. The van der Waals surface area contributed by atoms with Crippen LogP contribution < -0.4 is 5.32 Å². The van der Waals surface area contributed by atoms with Crippen LogP contribution in [0.4, 0.5) is 0 Å². The molecule has 106 valence electrons. The van der Waals surface area contributed by atoms with E-state index in [1.807, 2.05) is 13.8 Å². The third kappa shape index (κ3) is 4.92. The molecule has 2 unspecified atom stereocenters. The SMILES string of the molecule is CCOC(=O)C(CN1CCCC(OCC)C1)NC. The summed E-state index contributed by atoms with van der Waals surface area (Å²) in [6.45, 7) is 7.67. The molecule has 1 aliphatic heterocycles. The predicted octanol–water partition coefficient (Wildman–Crippen LogP) is 0.638. The maximum atomic E-state index is 11.7. The highest BCUT2D eigenvalue weighted by Crippen LogP contribution is 2.13. The lowest BCUT2D eigenvalue weighted by molar-refractivity contribution is -0.146. The van der Waals surface area contributed by atoms with Gasteiger partial charge in [-0.2, -0.15) is 0 Å². The van der Waals surface area contributed by atoms with E-state index in [-0.39, 0.29) is 12.0 Å². The average molecular weight is 258 g/mol. The lowest BCUT2D eigenvalue weighted by Gasteiger charge is -2.34. The number of carbonyl (C=O) groups is 1. The summed E-state index contributed by atoms with van der Waals surface area (Å²) in [7, 11) is 1.80. The summed E-state index contributed by atoms with van der Waals surface area (Å²) in [6.07, 6.45) is 2.56. The van der Waals surface area contributed by atoms with Gasteiger partial charge in [-0.25, -0.2) is 0 Å². The number of likely N-dealkylation sites (tertiary alicyclic amines) is 1. The number of nitrogens with zero attached hydrogens (tertiary/aromatic N) is 1. The maximum Gasteiger partial charge on any atom is 0.324 e. The van der Waals surface area contributed by atoms with Gasteiger partial charge < -0.3 is 14.8 Å². The zero-order valence-corrected chi connectivity index (χ0v) is 11.8. The Morgan fingerprint density at radius 2 is 2.22 bits per heavy atom. The van der Waals surface area contributed by atoms with Crippen molar-refractivity contribution in [2.45, 2.75) is 38.8 Å². The van der Waals surface area contributed by atoms with E-state index in [1.54, 1.807) is 7.05 Å². The number of ether oxygens (including phenoxy) is 2. The van der Waals surface area contributed by atoms with E-state index in [2.05, 4.69) is 10.2 Å². The van der Waals surface area contributed by atoms with Gasteiger partial charge in [0.2, 0.25) is 0 Å². The standard InChI is InChI=1S/C13H26N2O3/c1-4-17-11-7-6-8-15(9-11)10-12(14-3)13(16)18-5-2/h11-12,14H,4-10H2,1-3H3. The molecule has 1 fully saturated rings. The van der Waals surface area contributed by atoms with Crippen LogP contribution in [0.1, 0.15) is 26.7 Å². The van der Waals surface area contributed by atoms with Crippen LogP contribution in [0.25, 0.3) is 0 Å². The summed E-state index contributed by atoms with van der Waals surface area (Å²) in [4.78, 5) is 14.0. The molecule has 5 heteroatoms. The molecule has 1 N–H and O–H groups in total. The van der Waals surface area contributed by atoms with E-state index in [1.165, 1.54) is 0 Å². The number of piperidine rings is 1. The molecule has 1 heterocycles. The van der Waals surface area contributed by atoms with Crippen LogP contribution in [0.2, 0.25) is 0 Å². The van der Waals surface area contributed by atoms with Crippen molar-refractivity contribution in [1.82, 2.24) is 10.2 Å². The van der Waals surface area contributed by atoms with Gasteiger partial charge in [0.25, 0.3) is 0 Å². The van der Waals surface area contributed by atoms with Gasteiger partial charge >= 0.3 is 5.97 Å². The van der Waals surface area contributed by atoms with E-state index in [0.717, 1.165) is 32.5 Å². The van der Waals surface area contributed by atoms with Crippen molar-refractivity contribution in [2.75, 3.05) is 39.9 Å². The number of rotatable bonds is 7. The minimum atomic E-state index is -0.245. The van der Waals surface area contributed by atoms with Crippen LogP contribution in [-0.2, 0) is 14.3 Å². The summed E-state index contributed by atoms with van der Waals surface area (Å²) in [5, 5.41) is 3.02. The molecule has 5 nitrogen and oxygen atoms in total. The van der Waals surface area contributed by atoms with E-state index >= 15 is 0 Å². The van der Waals surface area contributed by atoms with Crippen molar-refractivity contribution >= 4 is 5.97 Å². The Kier molecular flexibility index (Phi) is 7.23. The highest BCUT2D eigenvalue weighted by molar-refractivity contribution is 5.76. The molecule has 0 saturated carbocycles. The average Bonchev–Trinajstić information content (AvgIpc) is 2.37. The first-order valence-corrected chi connectivity index (χ1v) is 6.89. The van der Waals surface area contributed by atoms with Crippen LogP contribution in [0, 0.1) is 0 Å². The lowest BCUT2D eigenvalue weighted by atomic mass is 10.1. The zero-order chi connectivity index (χ0) is 13.4. The van der Waals surface area contributed by atoms with Crippen LogP contribution in [0.15, 0.2) is 0 Å². The third-order valence-corrected chi connectivity index (χ3v) is 3.22. The summed E-state index contributed by atoms with van der Waals surface area (Å²) in [5.74, 6) is -0.168. The van der Waals surface area contributed by atoms with Crippen LogP contribution in [-0.4, -0.2) is 62.9 Å². The van der Waals surface area contributed by atoms with Crippen molar-refractivity contribution in [1.29, 1.82) is 0 Å². The molecule has 0 radical (unpaired) electrons. The van der Waals surface area contributed by atoms with Crippen LogP contribution in [0.5, 0.6) is 0 Å². The second-order valence-corrected chi connectivity index (χ2v) is 4.57. The molecule has 0 aromatic heterocycles. The zero-order valence-electron chi connectivity index (χ0n) is 11.8. The summed E-state index contributed by atoms with van der Waals surface area (Å²) in [6, 6.07) is -0.245. The topological polar surface area (TPSA) is 50.8 Å². The number of hydrogen-bond acceptors (Lipinski definition) is 5. The summed E-state index contributed by atoms with van der Waals surface area (Å²) >= 11 is 0. The maximum absolute atomic E-state index is 11.7. The Labute approximate surface area is 110 Å². The van der Waals surface area contributed by atoms with E-state index in [4.69, 9.17) is 9.47 Å². The largest absolute Gasteiger partial charge is 0.465 e. The fourth-order valence-electron chi connectivity index (χ4n) is 2.34. The molecule has 1 saturated heterocycles. The van der Waals surface area contributed by atoms with Crippen molar-refractivity contribution in [3.05, 3.63) is 0 Å². The molecular formula is C13H26N2O3. The molecule has 0 aromatic rings. The molecule has 0 amide bonds. The highest BCUT2D eigenvalue weighted by atomic mass is 16.5. The van der Waals surface area contributed by atoms with Gasteiger partial charge in [0.1, 0.15) is 6.04 Å². The van der Waals surface area contributed by atoms with Gasteiger partial charge in [-0.1, -0.05) is 0 Å². The molecule has 1 rings (SSSR count). The van der Waals surface area contributed by atoms with Gasteiger partial charge in [-0.3, -0.25) is 9.69 Å². The fourth-order valence-corrected chi connectivity index (χ4v) is 2.34. The lowest BCUT2D eigenvalue weighted by Crippen LogP contribution is -2.49. The van der Waals surface area contributed by atoms with E-state index in [0.29, 0.717) is 19.3 Å². The molecule has 18 heavy (non-hydrogen) atoms. The minimum absolute atomic E-state index is 0.168. The van der Waals surface area contributed by atoms with Crippen LogP contribution >= 0.6 is 0 Å². The Morgan fingerprint density at radius 1 is 1.44 bits per heavy atom. The summed E-state index contributed by atoms with van der Waals surface area (Å²) < 4.78 is 10.7. The first kappa shape index (κ1) is 15.4. The van der Waals surface area contributed by atoms with Gasteiger partial charge in [-0.05, 0) is 40.3 Å². The number of esters is 1. The van der Waals surface area contributed by atoms with Crippen molar-refractivity contribution in [2.24, 2.45) is 0 Å². The highest BCUT2D eigenvalue weighted by Gasteiger charge is 2.25. The monoisotopic (exact) mass is 258 g/mol. The Bertz CT molecular complexity index is 246. The van der Waals surface area contributed by atoms with E-state index < -0.39 is 0 Å². The number of hydrogen-bond donors (Lipinski definition) is 1.